The molecule has 1 heterocycles. The Balaban J connectivity index is 2.22. The molecule has 0 amide bonds. The first-order valence-electron chi connectivity index (χ1n) is 5.64. The van der Waals surface area contributed by atoms with E-state index in [0.717, 1.165) is 6.07 Å². The van der Waals surface area contributed by atoms with Crippen LogP contribution in [-0.2, 0) is 11.8 Å². The molecule has 0 bridgehead atoms. The summed E-state index contributed by atoms with van der Waals surface area (Å²) in [7, 11) is 0. The van der Waals surface area contributed by atoms with Gasteiger partial charge in [-0.3, -0.25) is 0 Å². The summed E-state index contributed by atoms with van der Waals surface area (Å²) in [5.41, 5.74) is -2.43. The SMILES string of the molecule is OC1(c2c(C(F)(F)F)ccc3c2OCCO3)CC1. The Labute approximate surface area is 101 Å². The van der Waals surface area contributed by atoms with Gasteiger partial charge >= 0.3 is 6.18 Å². The number of halogens is 3. The van der Waals surface area contributed by atoms with Crippen molar-refractivity contribution in [2.24, 2.45) is 0 Å². The number of aliphatic hydroxyl groups is 1. The summed E-state index contributed by atoms with van der Waals surface area (Å²) >= 11 is 0. The maximum absolute atomic E-state index is 13.0. The summed E-state index contributed by atoms with van der Waals surface area (Å²) in [6.07, 6.45) is -3.88. The topological polar surface area (TPSA) is 38.7 Å². The van der Waals surface area contributed by atoms with Crippen molar-refractivity contribution in [1.82, 2.24) is 0 Å². The van der Waals surface area contributed by atoms with E-state index in [0.29, 0.717) is 19.4 Å². The highest BCUT2D eigenvalue weighted by molar-refractivity contribution is 5.56. The number of benzene rings is 1. The normalized spacial score (nSPS) is 20.7. The van der Waals surface area contributed by atoms with E-state index >= 15 is 0 Å². The molecule has 1 aliphatic heterocycles. The van der Waals surface area contributed by atoms with Crippen molar-refractivity contribution in [2.75, 3.05) is 13.2 Å². The number of ether oxygens (including phenoxy) is 2. The molecule has 0 spiro atoms. The first-order valence-corrected chi connectivity index (χ1v) is 5.64. The molecule has 6 heteroatoms. The van der Waals surface area contributed by atoms with Crippen molar-refractivity contribution >= 4 is 0 Å². The Bertz CT molecular complexity index is 492. The van der Waals surface area contributed by atoms with Gasteiger partial charge in [-0.15, -0.1) is 0 Å². The molecule has 3 nitrogen and oxygen atoms in total. The van der Waals surface area contributed by atoms with Crippen LogP contribution in [0.5, 0.6) is 11.5 Å². The molecule has 2 aliphatic rings. The molecule has 0 unspecified atom stereocenters. The Morgan fingerprint density at radius 3 is 2.39 bits per heavy atom. The van der Waals surface area contributed by atoms with Gasteiger partial charge in [0, 0.05) is 5.56 Å². The van der Waals surface area contributed by atoms with E-state index in [9.17, 15) is 18.3 Å². The zero-order chi connectivity index (χ0) is 13.0. The molecule has 0 atom stereocenters. The monoisotopic (exact) mass is 260 g/mol. The van der Waals surface area contributed by atoms with Crippen molar-refractivity contribution in [1.29, 1.82) is 0 Å². The van der Waals surface area contributed by atoms with Crippen LogP contribution in [0.25, 0.3) is 0 Å². The van der Waals surface area contributed by atoms with Crippen molar-refractivity contribution in [3.8, 4) is 11.5 Å². The second kappa shape index (κ2) is 3.54. The average Bonchev–Trinajstić information content (AvgIpc) is 3.05. The molecule has 1 saturated carbocycles. The van der Waals surface area contributed by atoms with Gasteiger partial charge in [-0.2, -0.15) is 13.2 Å². The van der Waals surface area contributed by atoms with Crippen LogP contribution in [0.3, 0.4) is 0 Å². The first-order chi connectivity index (χ1) is 8.42. The second-order valence-corrected chi connectivity index (χ2v) is 4.54. The minimum absolute atomic E-state index is 0.0380. The van der Waals surface area contributed by atoms with Crippen LogP contribution in [0.4, 0.5) is 13.2 Å². The van der Waals surface area contributed by atoms with Crippen LogP contribution < -0.4 is 9.47 Å². The summed E-state index contributed by atoms with van der Waals surface area (Å²) in [6, 6.07) is 2.19. The standard InChI is InChI=1S/C12H11F3O3/c13-12(14,15)7-1-2-8-10(18-6-5-17-8)9(7)11(16)3-4-11/h1-2,16H,3-6H2. The van der Waals surface area contributed by atoms with Crippen LogP contribution in [0.2, 0.25) is 0 Å². The Morgan fingerprint density at radius 1 is 1.11 bits per heavy atom. The maximum atomic E-state index is 13.0. The molecule has 1 fully saturated rings. The fourth-order valence-corrected chi connectivity index (χ4v) is 2.18. The lowest BCUT2D eigenvalue weighted by molar-refractivity contribution is -0.139. The molecule has 1 aromatic carbocycles. The quantitative estimate of drug-likeness (QED) is 0.843. The third-order valence-corrected chi connectivity index (χ3v) is 3.20. The summed E-state index contributed by atoms with van der Waals surface area (Å²) in [5, 5.41) is 10.1. The van der Waals surface area contributed by atoms with Crippen LogP contribution >= 0.6 is 0 Å². The lowest BCUT2D eigenvalue weighted by Gasteiger charge is -2.26. The van der Waals surface area contributed by atoms with Gasteiger partial charge in [-0.05, 0) is 25.0 Å². The van der Waals surface area contributed by atoms with E-state index < -0.39 is 17.3 Å². The van der Waals surface area contributed by atoms with Crippen LogP contribution in [0, 0.1) is 0 Å². The number of alkyl halides is 3. The summed E-state index contributed by atoms with van der Waals surface area (Å²) < 4.78 is 49.4. The van der Waals surface area contributed by atoms with Crippen LogP contribution in [0.1, 0.15) is 24.0 Å². The molecule has 3 rings (SSSR count). The van der Waals surface area contributed by atoms with Crippen molar-refractivity contribution in [3.05, 3.63) is 23.3 Å². The highest BCUT2D eigenvalue weighted by atomic mass is 19.4. The van der Waals surface area contributed by atoms with Gasteiger partial charge in [0.05, 0.1) is 11.2 Å². The number of rotatable bonds is 1. The van der Waals surface area contributed by atoms with Crippen LogP contribution in [-0.4, -0.2) is 18.3 Å². The Morgan fingerprint density at radius 2 is 1.78 bits per heavy atom. The highest BCUT2D eigenvalue weighted by Crippen LogP contribution is 2.55. The van der Waals surface area contributed by atoms with E-state index in [1.165, 1.54) is 6.07 Å². The number of fused-ring (bicyclic) bond motifs is 1. The summed E-state index contributed by atoms with van der Waals surface area (Å²) in [6.45, 7) is 0.494. The second-order valence-electron chi connectivity index (χ2n) is 4.54. The summed E-state index contributed by atoms with van der Waals surface area (Å²) in [4.78, 5) is 0. The van der Waals surface area contributed by atoms with Crippen molar-refractivity contribution < 1.29 is 27.8 Å². The zero-order valence-electron chi connectivity index (χ0n) is 9.38. The third-order valence-electron chi connectivity index (χ3n) is 3.20. The minimum Gasteiger partial charge on any atom is -0.486 e. The van der Waals surface area contributed by atoms with Gasteiger partial charge in [0.1, 0.15) is 13.2 Å². The molecule has 98 valence electrons. The van der Waals surface area contributed by atoms with Gasteiger partial charge in [0.25, 0.3) is 0 Å². The Kier molecular flexibility index (Phi) is 2.29. The molecular weight excluding hydrogens is 249 g/mol. The smallest absolute Gasteiger partial charge is 0.416 e. The first kappa shape index (κ1) is 11.6. The zero-order valence-corrected chi connectivity index (χ0v) is 9.38. The molecule has 0 radical (unpaired) electrons. The predicted molar refractivity (Wildman–Crippen MR) is 55.6 cm³/mol. The van der Waals surface area contributed by atoms with Gasteiger partial charge in [0.15, 0.2) is 11.5 Å². The molecule has 1 aromatic rings. The maximum Gasteiger partial charge on any atom is 0.416 e. The van der Waals surface area contributed by atoms with Crippen LogP contribution in [0.15, 0.2) is 12.1 Å². The van der Waals surface area contributed by atoms with Gasteiger partial charge in [0.2, 0.25) is 0 Å². The summed E-state index contributed by atoms with van der Waals surface area (Å²) in [5.74, 6) is 0.306. The van der Waals surface area contributed by atoms with Gasteiger partial charge < -0.3 is 14.6 Å². The average molecular weight is 260 g/mol. The molecule has 1 N–H and O–H groups in total. The lowest BCUT2D eigenvalue weighted by atomic mass is 9.98. The van der Waals surface area contributed by atoms with Gasteiger partial charge in [-0.1, -0.05) is 0 Å². The third kappa shape index (κ3) is 1.71. The highest BCUT2D eigenvalue weighted by Gasteiger charge is 2.51. The number of hydrogen-bond acceptors (Lipinski definition) is 3. The predicted octanol–water partition coefficient (Wildman–Crippen LogP) is 2.46. The molecule has 0 saturated heterocycles. The van der Waals surface area contributed by atoms with E-state index in [1.807, 2.05) is 0 Å². The molecular formula is C12H11F3O3. The minimum atomic E-state index is -4.51. The Hall–Kier alpha value is -1.43. The molecule has 1 aliphatic carbocycles. The van der Waals surface area contributed by atoms with E-state index in [-0.39, 0.29) is 23.7 Å². The van der Waals surface area contributed by atoms with E-state index in [4.69, 9.17) is 9.47 Å². The van der Waals surface area contributed by atoms with Gasteiger partial charge in [-0.25, -0.2) is 0 Å². The molecule has 18 heavy (non-hydrogen) atoms. The fraction of sp³-hybridized carbons (Fsp3) is 0.500. The molecule has 0 aromatic heterocycles. The largest absolute Gasteiger partial charge is 0.486 e. The van der Waals surface area contributed by atoms with E-state index in [1.54, 1.807) is 0 Å². The lowest BCUT2D eigenvalue weighted by Crippen LogP contribution is -2.22. The van der Waals surface area contributed by atoms with Crippen molar-refractivity contribution in [2.45, 2.75) is 24.6 Å². The van der Waals surface area contributed by atoms with E-state index in [2.05, 4.69) is 0 Å². The number of hydrogen-bond donors (Lipinski definition) is 1. The fourth-order valence-electron chi connectivity index (χ4n) is 2.18. The van der Waals surface area contributed by atoms with Crippen molar-refractivity contribution in [3.63, 3.8) is 0 Å².